The summed E-state index contributed by atoms with van der Waals surface area (Å²) in [4.78, 5) is 11.6. The first kappa shape index (κ1) is 14.7. The second kappa shape index (κ2) is 7.88. The van der Waals surface area contributed by atoms with Crippen LogP contribution in [0.25, 0.3) is 0 Å². The van der Waals surface area contributed by atoms with Gasteiger partial charge in [-0.15, -0.1) is 0 Å². The highest BCUT2D eigenvalue weighted by Crippen LogP contribution is 2.07. The highest BCUT2D eigenvalue weighted by Gasteiger charge is 2.17. The summed E-state index contributed by atoms with van der Waals surface area (Å²) >= 11 is 0. The maximum absolute atomic E-state index is 11.6. The fraction of sp³-hybridized carbons (Fsp3) is 0.533. The minimum Gasteiger partial charge on any atom is -0.468 e. The quantitative estimate of drug-likeness (QED) is 0.755. The molecule has 18 heavy (non-hydrogen) atoms. The Morgan fingerprint density at radius 3 is 2.83 bits per heavy atom. The molecule has 1 aromatic rings. The monoisotopic (exact) mass is 249 g/mol. The molecule has 1 atom stereocenters. The van der Waals surface area contributed by atoms with E-state index in [0.29, 0.717) is 6.54 Å². The number of benzene rings is 1. The van der Waals surface area contributed by atoms with Gasteiger partial charge < -0.3 is 10.1 Å². The van der Waals surface area contributed by atoms with Gasteiger partial charge in [-0.25, -0.2) is 0 Å². The number of carbonyl (C=O) groups is 1. The standard InChI is InChI=1S/C15H23NO2/c1-4-5-9-14(15(17)18-3)16-11-13-8-6-7-12(2)10-13/h6-8,10,14,16H,4-5,9,11H2,1-3H3. The molecule has 1 rings (SSSR count). The molecule has 0 aliphatic rings. The van der Waals surface area contributed by atoms with E-state index in [0.717, 1.165) is 19.3 Å². The molecule has 0 fully saturated rings. The zero-order chi connectivity index (χ0) is 13.4. The highest BCUT2D eigenvalue weighted by molar-refractivity contribution is 5.75. The molecule has 0 spiro atoms. The molecule has 0 aromatic heterocycles. The van der Waals surface area contributed by atoms with Gasteiger partial charge in [-0.3, -0.25) is 4.79 Å². The summed E-state index contributed by atoms with van der Waals surface area (Å²) in [6.45, 7) is 4.89. The van der Waals surface area contributed by atoms with Crippen LogP contribution in [0.4, 0.5) is 0 Å². The van der Waals surface area contributed by atoms with Crippen LogP contribution >= 0.6 is 0 Å². The van der Waals surface area contributed by atoms with Crippen molar-refractivity contribution in [2.45, 2.75) is 45.7 Å². The van der Waals surface area contributed by atoms with Gasteiger partial charge in [0.1, 0.15) is 6.04 Å². The van der Waals surface area contributed by atoms with Gasteiger partial charge in [-0.1, -0.05) is 49.6 Å². The van der Waals surface area contributed by atoms with Crippen molar-refractivity contribution >= 4 is 5.97 Å². The molecular formula is C15H23NO2. The number of methoxy groups -OCH3 is 1. The van der Waals surface area contributed by atoms with E-state index < -0.39 is 0 Å². The van der Waals surface area contributed by atoms with Crippen LogP contribution in [0.1, 0.15) is 37.3 Å². The Morgan fingerprint density at radius 1 is 1.44 bits per heavy atom. The largest absolute Gasteiger partial charge is 0.468 e. The van der Waals surface area contributed by atoms with Gasteiger partial charge in [0.25, 0.3) is 0 Å². The van der Waals surface area contributed by atoms with Crippen molar-refractivity contribution in [2.24, 2.45) is 0 Å². The molecule has 0 amide bonds. The van der Waals surface area contributed by atoms with Crippen molar-refractivity contribution in [3.63, 3.8) is 0 Å². The van der Waals surface area contributed by atoms with Gasteiger partial charge in [-0.05, 0) is 18.9 Å². The van der Waals surface area contributed by atoms with Crippen LogP contribution in [0.15, 0.2) is 24.3 Å². The molecule has 3 nitrogen and oxygen atoms in total. The number of nitrogens with one attached hydrogen (secondary N) is 1. The van der Waals surface area contributed by atoms with Crippen molar-refractivity contribution in [3.8, 4) is 0 Å². The van der Waals surface area contributed by atoms with E-state index in [2.05, 4.69) is 37.4 Å². The van der Waals surface area contributed by atoms with Crippen molar-refractivity contribution in [1.29, 1.82) is 0 Å². The zero-order valence-corrected chi connectivity index (χ0v) is 11.5. The van der Waals surface area contributed by atoms with Crippen LogP contribution in [0.2, 0.25) is 0 Å². The fourth-order valence-electron chi connectivity index (χ4n) is 1.92. The first-order valence-corrected chi connectivity index (χ1v) is 6.54. The van der Waals surface area contributed by atoms with Crippen molar-refractivity contribution in [1.82, 2.24) is 5.32 Å². The van der Waals surface area contributed by atoms with Gasteiger partial charge in [-0.2, -0.15) is 0 Å². The van der Waals surface area contributed by atoms with Crippen LogP contribution < -0.4 is 5.32 Å². The SMILES string of the molecule is CCCCC(NCc1cccc(C)c1)C(=O)OC. The zero-order valence-electron chi connectivity index (χ0n) is 11.5. The number of hydrogen-bond donors (Lipinski definition) is 1. The van der Waals surface area contributed by atoms with E-state index in [1.54, 1.807) is 0 Å². The normalized spacial score (nSPS) is 12.2. The van der Waals surface area contributed by atoms with E-state index in [4.69, 9.17) is 4.74 Å². The van der Waals surface area contributed by atoms with Crippen LogP contribution in [-0.4, -0.2) is 19.1 Å². The molecule has 0 aliphatic heterocycles. The smallest absolute Gasteiger partial charge is 0.322 e. The number of unbranched alkanes of at least 4 members (excludes halogenated alkanes) is 1. The van der Waals surface area contributed by atoms with Crippen LogP contribution in [0.3, 0.4) is 0 Å². The van der Waals surface area contributed by atoms with Crippen molar-refractivity contribution in [3.05, 3.63) is 35.4 Å². The number of hydrogen-bond acceptors (Lipinski definition) is 3. The third-order valence-electron chi connectivity index (χ3n) is 2.97. The average molecular weight is 249 g/mol. The maximum Gasteiger partial charge on any atom is 0.322 e. The Kier molecular flexibility index (Phi) is 6.44. The third-order valence-corrected chi connectivity index (χ3v) is 2.97. The summed E-state index contributed by atoms with van der Waals surface area (Å²) in [5, 5.41) is 3.27. The molecule has 0 aliphatic carbocycles. The molecule has 1 aromatic carbocycles. The topological polar surface area (TPSA) is 38.3 Å². The summed E-state index contributed by atoms with van der Waals surface area (Å²) in [5.74, 6) is -0.170. The molecule has 0 saturated carbocycles. The predicted molar refractivity (Wildman–Crippen MR) is 73.3 cm³/mol. The lowest BCUT2D eigenvalue weighted by molar-refractivity contribution is -0.143. The summed E-state index contributed by atoms with van der Waals surface area (Å²) in [5.41, 5.74) is 2.43. The predicted octanol–water partition coefficient (Wildman–Crippen LogP) is 2.82. The summed E-state index contributed by atoms with van der Waals surface area (Å²) in [6, 6.07) is 8.09. The van der Waals surface area contributed by atoms with E-state index >= 15 is 0 Å². The minimum atomic E-state index is -0.199. The molecule has 100 valence electrons. The second-order valence-electron chi connectivity index (χ2n) is 4.59. The lowest BCUT2D eigenvalue weighted by atomic mass is 10.1. The Labute approximate surface area is 110 Å². The van der Waals surface area contributed by atoms with Gasteiger partial charge in [0, 0.05) is 6.54 Å². The second-order valence-corrected chi connectivity index (χ2v) is 4.59. The van der Waals surface area contributed by atoms with Crippen molar-refractivity contribution in [2.75, 3.05) is 7.11 Å². The molecule has 0 radical (unpaired) electrons. The first-order chi connectivity index (χ1) is 8.67. The summed E-state index contributed by atoms with van der Waals surface area (Å²) in [6.07, 6.45) is 2.94. The number of carbonyl (C=O) groups excluding carboxylic acids is 1. The maximum atomic E-state index is 11.6. The Balaban J connectivity index is 2.53. The van der Waals surface area contributed by atoms with Crippen molar-refractivity contribution < 1.29 is 9.53 Å². The Morgan fingerprint density at radius 2 is 2.22 bits per heavy atom. The lowest BCUT2D eigenvalue weighted by Crippen LogP contribution is -2.37. The minimum absolute atomic E-state index is 0.170. The first-order valence-electron chi connectivity index (χ1n) is 6.54. The van der Waals surface area contributed by atoms with Gasteiger partial charge >= 0.3 is 5.97 Å². The molecule has 1 unspecified atom stereocenters. The molecule has 3 heteroatoms. The van der Waals surface area contributed by atoms with E-state index in [9.17, 15) is 4.79 Å². The van der Waals surface area contributed by atoms with E-state index in [-0.39, 0.29) is 12.0 Å². The van der Waals surface area contributed by atoms with Gasteiger partial charge in [0.05, 0.1) is 7.11 Å². The Hall–Kier alpha value is -1.35. The molecule has 0 saturated heterocycles. The molecule has 1 N–H and O–H groups in total. The highest BCUT2D eigenvalue weighted by atomic mass is 16.5. The Bertz CT molecular complexity index is 377. The van der Waals surface area contributed by atoms with Crippen LogP contribution in [0, 0.1) is 6.92 Å². The van der Waals surface area contributed by atoms with Gasteiger partial charge in [0.2, 0.25) is 0 Å². The number of ether oxygens (including phenoxy) is 1. The third kappa shape index (κ3) is 4.88. The molecule has 0 heterocycles. The summed E-state index contributed by atoms with van der Waals surface area (Å²) < 4.78 is 4.82. The van der Waals surface area contributed by atoms with E-state index in [1.807, 2.05) is 6.07 Å². The average Bonchev–Trinajstić information content (AvgIpc) is 2.38. The number of rotatable bonds is 7. The molecular weight excluding hydrogens is 226 g/mol. The molecule has 0 bridgehead atoms. The van der Waals surface area contributed by atoms with Crippen LogP contribution in [-0.2, 0) is 16.1 Å². The number of esters is 1. The summed E-state index contributed by atoms with van der Waals surface area (Å²) in [7, 11) is 1.44. The van der Waals surface area contributed by atoms with Gasteiger partial charge in [0.15, 0.2) is 0 Å². The number of aryl methyl sites for hydroxylation is 1. The lowest BCUT2D eigenvalue weighted by Gasteiger charge is -2.16. The van der Waals surface area contributed by atoms with Crippen LogP contribution in [0.5, 0.6) is 0 Å². The fourth-order valence-corrected chi connectivity index (χ4v) is 1.92. The van der Waals surface area contributed by atoms with E-state index in [1.165, 1.54) is 18.2 Å².